The number of alkyl halides is 1. The van der Waals surface area contributed by atoms with Crippen LogP contribution in [-0.2, 0) is 6.42 Å². The van der Waals surface area contributed by atoms with E-state index in [0.717, 1.165) is 11.4 Å². The Morgan fingerprint density at radius 3 is 1.94 bits per heavy atom. The minimum atomic E-state index is 0.209. The standard InChI is InChI=1S/C15H20Cl2/c1-14(2)13(15(14,3)4)12(17)9-10-5-7-11(16)8-6-10/h5-8,12-13H,9H2,1-4H3. The summed E-state index contributed by atoms with van der Waals surface area (Å²) in [4.78, 5) is 0. The molecule has 2 rings (SSSR count). The molecule has 2 heteroatoms. The molecule has 1 unspecified atom stereocenters. The summed E-state index contributed by atoms with van der Waals surface area (Å²) < 4.78 is 0. The Morgan fingerprint density at radius 2 is 1.53 bits per heavy atom. The fourth-order valence-electron chi connectivity index (χ4n) is 3.12. The first-order chi connectivity index (χ1) is 7.76. The van der Waals surface area contributed by atoms with Crippen molar-refractivity contribution in [1.82, 2.24) is 0 Å². The molecule has 0 nitrogen and oxygen atoms in total. The van der Waals surface area contributed by atoms with Gasteiger partial charge in [-0.1, -0.05) is 51.4 Å². The molecule has 0 N–H and O–H groups in total. The second-order valence-electron chi connectivity index (χ2n) is 6.27. The minimum Gasteiger partial charge on any atom is -0.122 e. The van der Waals surface area contributed by atoms with Gasteiger partial charge in [0.25, 0.3) is 0 Å². The van der Waals surface area contributed by atoms with E-state index in [-0.39, 0.29) is 5.38 Å². The van der Waals surface area contributed by atoms with Gasteiger partial charge in [-0.3, -0.25) is 0 Å². The molecule has 0 amide bonds. The van der Waals surface area contributed by atoms with Crippen molar-refractivity contribution in [1.29, 1.82) is 0 Å². The van der Waals surface area contributed by atoms with Crippen LogP contribution < -0.4 is 0 Å². The first-order valence-electron chi connectivity index (χ1n) is 6.15. The van der Waals surface area contributed by atoms with Crippen LogP contribution in [0.15, 0.2) is 24.3 Å². The van der Waals surface area contributed by atoms with Gasteiger partial charge < -0.3 is 0 Å². The maximum absolute atomic E-state index is 6.59. The third-order valence-electron chi connectivity index (χ3n) is 4.84. The van der Waals surface area contributed by atoms with Crippen molar-refractivity contribution in [3.05, 3.63) is 34.9 Å². The summed E-state index contributed by atoms with van der Waals surface area (Å²) in [5, 5.41) is 0.994. The zero-order chi connectivity index (χ0) is 12.8. The van der Waals surface area contributed by atoms with Crippen LogP contribution in [0.1, 0.15) is 33.3 Å². The summed E-state index contributed by atoms with van der Waals surface area (Å²) in [5.41, 5.74) is 1.98. The first-order valence-corrected chi connectivity index (χ1v) is 6.97. The Kier molecular flexibility index (Phi) is 3.25. The van der Waals surface area contributed by atoms with Gasteiger partial charge in [0.2, 0.25) is 0 Å². The molecular weight excluding hydrogens is 251 g/mol. The van der Waals surface area contributed by atoms with E-state index in [0.29, 0.717) is 16.7 Å². The molecule has 0 aromatic heterocycles. The van der Waals surface area contributed by atoms with Crippen LogP contribution in [0.25, 0.3) is 0 Å². The van der Waals surface area contributed by atoms with Crippen molar-refractivity contribution < 1.29 is 0 Å². The molecule has 0 aliphatic heterocycles. The lowest BCUT2D eigenvalue weighted by Crippen LogP contribution is -2.11. The smallest absolute Gasteiger partial charge is 0.0415 e. The van der Waals surface area contributed by atoms with E-state index in [1.807, 2.05) is 12.1 Å². The van der Waals surface area contributed by atoms with Gasteiger partial charge in [-0.15, -0.1) is 11.6 Å². The lowest BCUT2D eigenvalue weighted by molar-refractivity contribution is 0.457. The first kappa shape index (κ1) is 13.2. The predicted octanol–water partition coefficient (Wildman–Crippen LogP) is 5.17. The van der Waals surface area contributed by atoms with E-state index in [2.05, 4.69) is 39.8 Å². The molecule has 1 aromatic carbocycles. The number of halogens is 2. The van der Waals surface area contributed by atoms with Crippen molar-refractivity contribution >= 4 is 23.2 Å². The van der Waals surface area contributed by atoms with Crippen LogP contribution in [0.3, 0.4) is 0 Å². The summed E-state index contributed by atoms with van der Waals surface area (Å²) >= 11 is 12.5. The van der Waals surface area contributed by atoms with Crippen molar-refractivity contribution in [3.8, 4) is 0 Å². The quantitative estimate of drug-likeness (QED) is 0.665. The number of hydrogen-bond donors (Lipinski definition) is 0. The number of hydrogen-bond acceptors (Lipinski definition) is 0. The highest BCUT2D eigenvalue weighted by Gasteiger charge is 2.66. The monoisotopic (exact) mass is 270 g/mol. The van der Waals surface area contributed by atoms with Crippen LogP contribution in [0.5, 0.6) is 0 Å². The summed E-state index contributed by atoms with van der Waals surface area (Å²) in [6, 6.07) is 8.01. The largest absolute Gasteiger partial charge is 0.122 e. The SMILES string of the molecule is CC1(C)C(C(Cl)Cc2ccc(Cl)cc2)C1(C)C. The average Bonchev–Trinajstić information content (AvgIpc) is 2.61. The second-order valence-corrected chi connectivity index (χ2v) is 7.26. The molecule has 1 aromatic rings. The lowest BCUT2D eigenvalue weighted by atomic mass is 10.0. The van der Waals surface area contributed by atoms with E-state index >= 15 is 0 Å². The highest BCUT2D eigenvalue weighted by atomic mass is 35.5. The Hall–Kier alpha value is -0.200. The molecule has 17 heavy (non-hydrogen) atoms. The fraction of sp³-hybridized carbons (Fsp3) is 0.600. The third kappa shape index (κ3) is 2.22. The van der Waals surface area contributed by atoms with E-state index in [1.165, 1.54) is 5.56 Å². The van der Waals surface area contributed by atoms with Gasteiger partial charge in [0.05, 0.1) is 0 Å². The van der Waals surface area contributed by atoms with E-state index in [4.69, 9.17) is 23.2 Å². The molecule has 0 heterocycles. The molecular formula is C15H20Cl2. The van der Waals surface area contributed by atoms with Crippen molar-refractivity contribution in [2.75, 3.05) is 0 Å². The molecule has 1 saturated carbocycles. The molecule has 0 saturated heterocycles. The Morgan fingerprint density at radius 1 is 1.06 bits per heavy atom. The maximum atomic E-state index is 6.59. The molecule has 0 radical (unpaired) electrons. The van der Waals surface area contributed by atoms with Gasteiger partial charge in [-0.25, -0.2) is 0 Å². The molecule has 0 spiro atoms. The van der Waals surface area contributed by atoms with Crippen LogP contribution in [0.2, 0.25) is 5.02 Å². The summed E-state index contributed by atoms with van der Waals surface area (Å²) in [6.45, 7) is 9.26. The lowest BCUT2D eigenvalue weighted by Gasteiger charge is -2.11. The molecule has 1 fully saturated rings. The summed E-state index contributed by atoms with van der Waals surface area (Å²) in [7, 11) is 0. The van der Waals surface area contributed by atoms with Crippen LogP contribution >= 0.6 is 23.2 Å². The van der Waals surface area contributed by atoms with Gasteiger partial charge in [0.15, 0.2) is 0 Å². The van der Waals surface area contributed by atoms with E-state index < -0.39 is 0 Å². The summed E-state index contributed by atoms with van der Waals surface area (Å²) in [5.74, 6) is 0.590. The average molecular weight is 271 g/mol. The van der Waals surface area contributed by atoms with Gasteiger partial charge in [0.1, 0.15) is 0 Å². The Labute approximate surface area is 114 Å². The van der Waals surface area contributed by atoms with Gasteiger partial charge in [-0.2, -0.15) is 0 Å². The van der Waals surface area contributed by atoms with Crippen LogP contribution in [-0.4, -0.2) is 5.38 Å². The minimum absolute atomic E-state index is 0.209. The topological polar surface area (TPSA) is 0 Å². The van der Waals surface area contributed by atoms with E-state index in [9.17, 15) is 0 Å². The number of benzene rings is 1. The van der Waals surface area contributed by atoms with Crippen molar-refractivity contribution in [2.24, 2.45) is 16.7 Å². The van der Waals surface area contributed by atoms with Crippen LogP contribution in [0.4, 0.5) is 0 Å². The van der Waals surface area contributed by atoms with E-state index in [1.54, 1.807) is 0 Å². The second kappa shape index (κ2) is 4.17. The molecule has 94 valence electrons. The molecule has 1 atom stereocenters. The van der Waals surface area contributed by atoms with Crippen molar-refractivity contribution in [2.45, 2.75) is 39.5 Å². The molecule has 0 bridgehead atoms. The Bertz CT molecular complexity index is 389. The van der Waals surface area contributed by atoms with Gasteiger partial charge in [0, 0.05) is 10.4 Å². The normalized spacial score (nSPS) is 23.4. The highest BCUT2D eigenvalue weighted by Crippen LogP contribution is 2.70. The van der Waals surface area contributed by atoms with Crippen LogP contribution in [0, 0.1) is 16.7 Å². The fourth-order valence-corrected chi connectivity index (χ4v) is 4.05. The summed E-state index contributed by atoms with van der Waals surface area (Å²) in [6.07, 6.45) is 0.927. The molecule has 1 aliphatic rings. The highest BCUT2D eigenvalue weighted by molar-refractivity contribution is 6.30. The zero-order valence-electron chi connectivity index (χ0n) is 10.9. The zero-order valence-corrected chi connectivity index (χ0v) is 12.4. The number of rotatable bonds is 3. The van der Waals surface area contributed by atoms with Gasteiger partial charge >= 0.3 is 0 Å². The van der Waals surface area contributed by atoms with Gasteiger partial charge in [-0.05, 0) is 40.9 Å². The maximum Gasteiger partial charge on any atom is 0.0415 e. The molecule has 1 aliphatic carbocycles. The Balaban J connectivity index is 2.04. The van der Waals surface area contributed by atoms with Crippen molar-refractivity contribution in [3.63, 3.8) is 0 Å². The third-order valence-corrected chi connectivity index (χ3v) is 5.50. The predicted molar refractivity (Wildman–Crippen MR) is 75.8 cm³/mol.